The van der Waals surface area contributed by atoms with E-state index in [4.69, 9.17) is 11.6 Å². The van der Waals surface area contributed by atoms with Crippen LogP contribution < -0.4 is 10.6 Å². The van der Waals surface area contributed by atoms with Gasteiger partial charge in [-0.1, -0.05) is 36.6 Å². The molecule has 6 heteroatoms. The minimum absolute atomic E-state index is 0.0598. The molecule has 0 bridgehead atoms. The Morgan fingerprint density at radius 3 is 2.50 bits per heavy atom. The summed E-state index contributed by atoms with van der Waals surface area (Å²) in [6.07, 6.45) is 4.50. The third-order valence-electron chi connectivity index (χ3n) is 5.00. The minimum Gasteiger partial charge on any atom is -0.376 e. The van der Waals surface area contributed by atoms with Gasteiger partial charge in [-0.3, -0.25) is 9.59 Å². The maximum Gasteiger partial charge on any atom is 0.253 e. The fraction of sp³-hybridized carbons (Fsp3) is 0.364. The first-order chi connectivity index (χ1) is 13.5. The second kappa shape index (κ2) is 9.60. The van der Waals surface area contributed by atoms with Gasteiger partial charge in [0.15, 0.2) is 0 Å². The number of hydrogen-bond donors (Lipinski definition) is 2. The maximum atomic E-state index is 12.8. The Kier molecular flexibility index (Phi) is 6.93. The van der Waals surface area contributed by atoms with Crippen molar-refractivity contribution in [3.05, 3.63) is 58.6 Å². The van der Waals surface area contributed by atoms with Crippen LogP contribution in [0.25, 0.3) is 0 Å². The lowest BCUT2D eigenvalue weighted by Gasteiger charge is -2.20. The maximum absolute atomic E-state index is 12.8. The molecule has 148 valence electrons. The summed E-state index contributed by atoms with van der Waals surface area (Å²) >= 11 is 6.09. The van der Waals surface area contributed by atoms with Gasteiger partial charge in [-0.25, -0.2) is 0 Å². The average Bonchev–Trinajstić information content (AvgIpc) is 2.99. The number of anilines is 2. The molecule has 3 rings (SSSR count). The first-order valence-corrected chi connectivity index (χ1v) is 10.1. The van der Waals surface area contributed by atoms with Crippen molar-refractivity contribution in [2.24, 2.45) is 0 Å². The van der Waals surface area contributed by atoms with Crippen LogP contribution in [0.1, 0.15) is 41.6 Å². The van der Waals surface area contributed by atoms with Gasteiger partial charge in [0.2, 0.25) is 5.91 Å². The lowest BCUT2D eigenvalue weighted by molar-refractivity contribution is -0.114. The van der Waals surface area contributed by atoms with Crippen molar-refractivity contribution in [2.45, 2.75) is 32.6 Å². The van der Waals surface area contributed by atoms with Gasteiger partial charge in [0.25, 0.3) is 5.91 Å². The molecule has 0 aliphatic carbocycles. The highest BCUT2D eigenvalue weighted by Gasteiger charge is 2.17. The first-order valence-electron chi connectivity index (χ1n) is 9.73. The number of nitrogens with one attached hydrogen (secondary N) is 2. The molecule has 2 aromatic carbocycles. The van der Waals surface area contributed by atoms with Gasteiger partial charge < -0.3 is 15.5 Å². The number of nitrogens with zero attached hydrogens (tertiary/aromatic N) is 1. The first kappa shape index (κ1) is 20.2. The third kappa shape index (κ3) is 5.26. The van der Waals surface area contributed by atoms with Gasteiger partial charge in [-0.05, 0) is 55.7 Å². The van der Waals surface area contributed by atoms with Crippen LogP contribution in [-0.4, -0.2) is 36.3 Å². The quantitative estimate of drug-likeness (QED) is 0.765. The molecule has 2 amide bonds. The molecule has 0 atom stereocenters. The molecule has 2 aromatic rings. The Hall–Kier alpha value is -2.53. The summed E-state index contributed by atoms with van der Waals surface area (Å²) in [4.78, 5) is 27.0. The van der Waals surface area contributed by atoms with Crippen LogP contribution in [0.4, 0.5) is 11.4 Å². The molecule has 1 aliphatic rings. The van der Waals surface area contributed by atoms with Crippen molar-refractivity contribution in [1.82, 2.24) is 4.90 Å². The molecule has 5 nitrogen and oxygen atoms in total. The zero-order valence-electron chi connectivity index (χ0n) is 16.1. The molecule has 2 N–H and O–H groups in total. The van der Waals surface area contributed by atoms with Gasteiger partial charge in [0, 0.05) is 35.1 Å². The second-order valence-corrected chi connectivity index (χ2v) is 7.51. The van der Waals surface area contributed by atoms with Gasteiger partial charge in [0.1, 0.15) is 0 Å². The number of halogens is 1. The number of amides is 2. The van der Waals surface area contributed by atoms with Crippen LogP contribution in [0.3, 0.4) is 0 Å². The standard InChI is InChI=1S/C22H26ClN3O2/c1-16-19(23)10-7-11-20(16)25-21(27)15-24-18-9-6-8-17(14-18)22(28)26-12-4-2-3-5-13-26/h6-11,14,24H,2-5,12-13,15H2,1H3,(H,25,27). The van der Waals surface area contributed by atoms with E-state index in [9.17, 15) is 9.59 Å². The largest absolute Gasteiger partial charge is 0.376 e. The molecule has 0 unspecified atom stereocenters. The predicted molar refractivity (Wildman–Crippen MR) is 114 cm³/mol. The lowest BCUT2D eigenvalue weighted by atomic mass is 10.1. The summed E-state index contributed by atoms with van der Waals surface area (Å²) in [5.41, 5.74) is 2.93. The van der Waals surface area contributed by atoms with E-state index in [-0.39, 0.29) is 18.4 Å². The number of hydrogen-bond acceptors (Lipinski definition) is 3. The van der Waals surface area contributed by atoms with E-state index < -0.39 is 0 Å². The summed E-state index contributed by atoms with van der Waals surface area (Å²) in [6, 6.07) is 12.7. The number of carbonyl (C=O) groups is 2. The van der Waals surface area contributed by atoms with Crippen molar-refractivity contribution >= 4 is 34.8 Å². The molecule has 1 saturated heterocycles. The normalized spacial score (nSPS) is 14.3. The Morgan fingerprint density at radius 2 is 1.75 bits per heavy atom. The molecule has 1 heterocycles. The monoisotopic (exact) mass is 399 g/mol. The van der Waals surface area contributed by atoms with Gasteiger partial charge >= 0.3 is 0 Å². The SMILES string of the molecule is Cc1c(Cl)cccc1NC(=O)CNc1cccc(C(=O)N2CCCCCC2)c1. The Labute approximate surface area is 171 Å². The topological polar surface area (TPSA) is 61.4 Å². The third-order valence-corrected chi connectivity index (χ3v) is 5.41. The molecule has 0 saturated carbocycles. The van der Waals surface area contributed by atoms with E-state index in [1.165, 1.54) is 12.8 Å². The fourth-order valence-corrected chi connectivity index (χ4v) is 3.51. The summed E-state index contributed by atoms with van der Waals surface area (Å²) in [6.45, 7) is 3.60. The van der Waals surface area contributed by atoms with E-state index >= 15 is 0 Å². The van der Waals surface area contributed by atoms with Crippen molar-refractivity contribution in [3.8, 4) is 0 Å². The molecular weight excluding hydrogens is 374 g/mol. The van der Waals surface area contributed by atoms with Crippen molar-refractivity contribution < 1.29 is 9.59 Å². The number of rotatable bonds is 5. The summed E-state index contributed by atoms with van der Waals surface area (Å²) in [7, 11) is 0. The average molecular weight is 400 g/mol. The Morgan fingerprint density at radius 1 is 1.04 bits per heavy atom. The van der Waals surface area contributed by atoms with Crippen LogP contribution >= 0.6 is 11.6 Å². The lowest BCUT2D eigenvalue weighted by Crippen LogP contribution is -2.31. The van der Waals surface area contributed by atoms with Crippen molar-refractivity contribution in [3.63, 3.8) is 0 Å². The van der Waals surface area contributed by atoms with E-state index in [0.29, 0.717) is 16.3 Å². The van der Waals surface area contributed by atoms with Crippen molar-refractivity contribution in [1.29, 1.82) is 0 Å². The van der Waals surface area contributed by atoms with Crippen LogP contribution in [0.15, 0.2) is 42.5 Å². The number of carbonyl (C=O) groups excluding carboxylic acids is 2. The van der Waals surface area contributed by atoms with E-state index in [1.807, 2.05) is 42.2 Å². The van der Waals surface area contributed by atoms with Crippen LogP contribution in [0, 0.1) is 6.92 Å². The summed E-state index contributed by atoms with van der Waals surface area (Å²) in [5.74, 6) is -0.112. The molecule has 28 heavy (non-hydrogen) atoms. The molecule has 0 spiro atoms. The zero-order chi connectivity index (χ0) is 19.9. The predicted octanol–water partition coefficient (Wildman–Crippen LogP) is 4.72. The van der Waals surface area contributed by atoms with E-state index in [1.54, 1.807) is 12.1 Å². The number of likely N-dealkylation sites (tertiary alicyclic amines) is 1. The number of benzene rings is 2. The van der Waals surface area contributed by atoms with Crippen molar-refractivity contribution in [2.75, 3.05) is 30.3 Å². The molecule has 1 fully saturated rings. The Balaban J connectivity index is 1.59. The summed E-state index contributed by atoms with van der Waals surface area (Å²) < 4.78 is 0. The van der Waals surface area contributed by atoms with E-state index in [2.05, 4.69) is 10.6 Å². The van der Waals surface area contributed by atoms with Crippen LogP contribution in [0.2, 0.25) is 5.02 Å². The molecule has 1 aliphatic heterocycles. The Bertz CT molecular complexity index is 845. The zero-order valence-corrected chi connectivity index (χ0v) is 16.9. The fourth-order valence-electron chi connectivity index (χ4n) is 3.34. The second-order valence-electron chi connectivity index (χ2n) is 7.10. The van der Waals surface area contributed by atoms with Gasteiger partial charge in [0.05, 0.1) is 6.54 Å². The molecular formula is C22H26ClN3O2. The van der Waals surface area contributed by atoms with Gasteiger partial charge in [-0.2, -0.15) is 0 Å². The van der Waals surface area contributed by atoms with Gasteiger partial charge in [-0.15, -0.1) is 0 Å². The highest BCUT2D eigenvalue weighted by molar-refractivity contribution is 6.31. The highest BCUT2D eigenvalue weighted by Crippen LogP contribution is 2.23. The van der Waals surface area contributed by atoms with Crippen LogP contribution in [-0.2, 0) is 4.79 Å². The minimum atomic E-state index is -0.172. The smallest absolute Gasteiger partial charge is 0.253 e. The molecule has 0 radical (unpaired) electrons. The highest BCUT2D eigenvalue weighted by atomic mass is 35.5. The van der Waals surface area contributed by atoms with Crippen LogP contribution in [0.5, 0.6) is 0 Å². The van der Waals surface area contributed by atoms with E-state index in [0.717, 1.165) is 37.2 Å². The molecule has 0 aromatic heterocycles. The summed E-state index contributed by atoms with van der Waals surface area (Å²) in [5, 5.41) is 6.57.